The topological polar surface area (TPSA) is 87.0 Å². The highest BCUT2D eigenvalue weighted by atomic mass is 35.5. The van der Waals surface area contributed by atoms with E-state index in [1.54, 1.807) is 30.3 Å². The maximum atomic E-state index is 13.2. The predicted octanol–water partition coefficient (Wildman–Crippen LogP) is 4.42. The van der Waals surface area contributed by atoms with Gasteiger partial charge in [-0.2, -0.15) is 8.42 Å². The lowest BCUT2D eigenvalue weighted by Crippen LogP contribution is -2.32. The molecule has 1 aliphatic heterocycles. The molecule has 1 heterocycles. The van der Waals surface area contributed by atoms with Crippen LogP contribution in [-0.2, 0) is 14.9 Å². The molecule has 0 bridgehead atoms. The van der Waals surface area contributed by atoms with Crippen LogP contribution in [0.3, 0.4) is 0 Å². The molecule has 30 heavy (non-hydrogen) atoms. The summed E-state index contributed by atoms with van der Waals surface area (Å²) < 4.78 is 31.9. The summed E-state index contributed by atoms with van der Waals surface area (Å²) >= 11 is 5.92. The molecule has 0 aromatic heterocycles. The number of benzene rings is 3. The number of carbonyl (C=O) groups is 1. The van der Waals surface area contributed by atoms with Crippen LogP contribution in [0.4, 0.5) is 5.69 Å². The van der Waals surface area contributed by atoms with Crippen molar-refractivity contribution in [2.24, 2.45) is 4.99 Å². The third kappa shape index (κ3) is 4.04. The summed E-state index contributed by atoms with van der Waals surface area (Å²) in [5.74, 6) is 0.0591. The van der Waals surface area contributed by atoms with E-state index in [1.165, 1.54) is 29.2 Å². The number of carbonyl (C=O) groups excluding carboxylic acids is 1. The Hall–Kier alpha value is -3.26. The molecule has 1 aliphatic rings. The first-order valence-corrected chi connectivity index (χ1v) is 10.7. The zero-order valence-electron chi connectivity index (χ0n) is 15.4. The molecule has 0 aliphatic carbocycles. The zero-order valence-corrected chi connectivity index (χ0v) is 17.0. The summed E-state index contributed by atoms with van der Waals surface area (Å²) in [7, 11) is -4.33. The first-order valence-electron chi connectivity index (χ1n) is 8.86. The lowest BCUT2D eigenvalue weighted by Gasteiger charge is -2.18. The van der Waals surface area contributed by atoms with Crippen molar-refractivity contribution in [2.75, 3.05) is 4.90 Å². The number of rotatable bonds is 4. The molecule has 0 saturated heterocycles. The van der Waals surface area contributed by atoms with Crippen molar-refractivity contribution in [2.45, 2.75) is 4.90 Å². The highest BCUT2D eigenvalue weighted by Crippen LogP contribution is 2.29. The van der Waals surface area contributed by atoms with Crippen LogP contribution in [0.15, 0.2) is 94.4 Å². The third-order valence-electron chi connectivity index (χ3n) is 4.46. The minimum Gasteiger partial charge on any atom is -0.282 e. The maximum absolute atomic E-state index is 13.2. The predicted molar refractivity (Wildman–Crippen MR) is 116 cm³/mol. The summed E-state index contributed by atoms with van der Waals surface area (Å²) in [4.78, 5) is 18.9. The number of hydrogen-bond acceptors (Lipinski definition) is 4. The number of anilines is 1. The molecule has 1 amide bonds. The van der Waals surface area contributed by atoms with Crippen LogP contribution in [-0.4, -0.2) is 24.7 Å². The van der Waals surface area contributed by atoms with Gasteiger partial charge < -0.3 is 0 Å². The first-order chi connectivity index (χ1) is 14.3. The average molecular weight is 439 g/mol. The Morgan fingerprint density at radius 1 is 0.900 bits per heavy atom. The van der Waals surface area contributed by atoms with Crippen molar-refractivity contribution in [1.29, 1.82) is 0 Å². The van der Waals surface area contributed by atoms with Gasteiger partial charge in [0.2, 0.25) is 0 Å². The Balaban J connectivity index is 1.79. The number of hydrogen-bond donors (Lipinski definition) is 1. The quantitative estimate of drug-likeness (QED) is 0.482. The Kier molecular flexibility index (Phi) is 5.26. The fraction of sp³-hybridized carbons (Fsp3) is 0. The van der Waals surface area contributed by atoms with Gasteiger partial charge in [0.25, 0.3) is 16.0 Å². The molecule has 0 radical (unpaired) electrons. The van der Waals surface area contributed by atoms with Crippen molar-refractivity contribution < 1.29 is 17.8 Å². The number of halogens is 1. The van der Waals surface area contributed by atoms with Crippen LogP contribution >= 0.6 is 11.6 Å². The van der Waals surface area contributed by atoms with Gasteiger partial charge in [0, 0.05) is 10.6 Å². The van der Waals surface area contributed by atoms with Crippen molar-refractivity contribution in [3.63, 3.8) is 0 Å². The molecule has 0 spiro atoms. The second-order valence-corrected chi connectivity index (χ2v) is 8.35. The van der Waals surface area contributed by atoms with E-state index in [2.05, 4.69) is 4.99 Å². The molecule has 150 valence electrons. The zero-order chi connectivity index (χ0) is 21.3. The maximum Gasteiger partial charge on any atom is 0.294 e. The molecule has 1 N–H and O–H groups in total. The molecule has 0 unspecified atom stereocenters. The Morgan fingerprint density at radius 2 is 1.53 bits per heavy atom. The molecule has 8 heteroatoms. The van der Waals surface area contributed by atoms with E-state index in [-0.39, 0.29) is 16.5 Å². The van der Waals surface area contributed by atoms with Gasteiger partial charge in [-0.3, -0.25) is 14.2 Å². The van der Waals surface area contributed by atoms with Crippen molar-refractivity contribution in [3.05, 3.63) is 101 Å². The normalized spacial score (nSPS) is 15.5. The van der Waals surface area contributed by atoms with Crippen LogP contribution in [0.1, 0.15) is 11.1 Å². The molecule has 3 aromatic carbocycles. The Labute approximate surface area is 178 Å². The molecule has 0 atom stereocenters. The summed E-state index contributed by atoms with van der Waals surface area (Å²) in [6.07, 6.45) is 1.66. The summed E-state index contributed by atoms with van der Waals surface area (Å²) in [5, 5.41) is 0.587. The lowest BCUT2D eigenvalue weighted by molar-refractivity contribution is -0.113. The van der Waals surface area contributed by atoms with E-state index in [1.807, 2.05) is 30.3 Å². The number of aliphatic imine (C=N–C) groups is 1. The van der Waals surface area contributed by atoms with Gasteiger partial charge in [0.1, 0.15) is 11.5 Å². The van der Waals surface area contributed by atoms with Crippen LogP contribution in [0.2, 0.25) is 5.02 Å². The Morgan fingerprint density at radius 3 is 2.13 bits per heavy atom. The fourth-order valence-corrected chi connectivity index (χ4v) is 3.63. The van der Waals surface area contributed by atoms with Gasteiger partial charge in [0.05, 0.1) is 10.6 Å². The second kappa shape index (κ2) is 7.87. The monoisotopic (exact) mass is 438 g/mol. The van der Waals surface area contributed by atoms with Gasteiger partial charge in [-0.25, -0.2) is 4.99 Å². The molecule has 0 fully saturated rings. The Bertz CT molecular complexity index is 1270. The first kappa shape index (κ1) is 20.0. The van der Waals surface area contributed by atoms with Crippen LogP contribution in [0, 0.1) is 0 Å². The second-order valence-electron chi connectivity index (χ2n) is 6.49. The van der Waals surface area contributed by atoms with Crippen molar-refractivity contribution >= 4 is 45.2 Å². The molecule has 0 saturated carbocycles. The SMILES string of the molecule is O=C1/C(=C\c2ccc(Cl)cc2)N=C(c2ccccc2)N1c1ccc(S(=O)(=O)O)cc1. The van der Waals surface area contributed by atoms with Gasteiger partial charge >= 0.3 is 0 Å². The van der Waals surface area contributed by atoms with Gasteiger partial charge in [-0.1, -0.05) is 54.1 Å². The fourth-order valence-electron chi connectivity index (χ4n) is 3.02. The van der Waals surface area contributed by atoms with E-state index < -0.39 is 10.1 Å². The number of nitrogens with zero attached hydrogens (tertiary/aromatic N) is 2. The molecule has 3 aromatic rings. The summed E-state index contributed by atoms with van der Waals surface area (Å²) in [5.41, 5.74) is 2.15. The highest BCUT2D eigenvalue weighted by molar-refractivity contribution is 7.85. The number of amidine groups is 1. The van der Waals surface area contributed by atoms with E-state index >= 15 is 0 Å². The van der Waals surface area contributed by atoms with Gasteiger partial charge in [-0.05, 0) is 48.0 Å². The smallest absolute Gasteiger partial charge is 0.282 e. The van der Waals surface area contributed by atoms with Gasteiger partial charge in [-0.15, -0.1) is 0 Å². The van der Waals surface area contributed by atoms with Crippen LogP contribution < -0.4 is 4.90 Å². The minimum atomic E-state index is -4.33. The molecule has 6 nitrogen and oxygen atoms in total. The van der Waals surface area contributed by atoms with Crippen molar-refractivity contribution in [3.8, 4) is 0 Å². The van der Waals surface area contributed by atoms with E-state index in [0.717, 1.165) is 11.1 Å². The highest BCUT2D eigenvalue weighted by Gasteiger charge is 2.32. The van der Waals surface area contributed by atoms with Crippen LogP contribution in [0.25, 0.3) is 6.08 Å². The average Bonchev–Trinajstić information content (AvgIpc) is 3.06. The molecular weight excluding hydrogens is 424 g/mol. The summed E-state index contributed by atoms with van der Waals surface area (Å²) in [6.45, 7) is 0. The molecule has 4 rings (SSSR count). The number of amides is 1. The minimum absolute atomic E-state index is 0.232. The van der Waals surface area contributed by atoms with Crippen LogP contribution in [0.5, 0.6) is 0 Å². The van der Waals surface area contributed by atoms with E-state index in [9.17, 15) is 17.8 Å². The standard InChI is InChI=1S/C22H15ClN2O4S/c23-17-8-6-15(7-9-17)14-20-22(26)25(21(24-20)16-4-2-1-3-5-16)18-10-12-19(13-11-18)30(27,28)29/h1-14H,(H,27,28,29)/b20-14+. The van der Waals surface area contributed by atoms with E-state index in [4.69, 9.17) is 11.6 Å². The van der Waals surface area contributed by atoms with E-state index in [0.29, 0.717) is 16.5 Å². The lowest BCUT2D eigenvalue weighted by atomic mass is 10.1. The molecular formula is C22H15ClN2O4S. The third-order valence-corrected chi connectivity index (χ3v) is 5.58. The van der Waals surface area contributed by atoms with Gasteiger partial charge in [0.15, 0.2) is 0 Å². The van der Waals surface area contributed by atoms with Crippen molar-refractivity contribution in [1.82, 2.24) is 0 Å². The summed E-state index contributed by atoms with van der Waals surface area (Å²) in [6, 6.07) is 21.6. The largest absolute Gasteiger partial charge is 0.294 e.